The molecule has 28 heavy (non-hydrogen) atoms. The van der Waals surface area contributed by atoms with Gasteiger partial charge in [-0.2, -0.15) is 0 Å². The van der Waals surface area contributed by atoms with E-state index in [1.165, 1.54) is 0 Å². The van der Waals surface area contributed by atoms with Gasteiger partial charge in [-0.05, 0) is 37.1 Å². The van der Waals surface area contributed by atoms with Crippen LogP contribution >= 0.6 is 0 Å². The van der Waals surface area contributed by atoms with E-state index in [2.05, 4.69) is 4.98 Å². The number of amides is 2. The first kappa shape index (κ1) is 19.9. The van der Waals surface area contributed by atoms with Crippen LogP contribution in [0.5, 0.6) is 0 Å². The van der Waals surface area contributed by atoms with E-state index >= 15 is 0 Å². The summed E-state index contributed by atoms with van der Waals surface area (Å²) in [6.07, 6.45) is 5.23. The third-order valence-electron chi connectivity index (χ3n) is 5.14. The molecule has 8 nitrogen and oxygen atoms in total. The van der Waals surface area contributed by atoms with E-state index in [0.717, 1.165) is 24.4 Å². The molecule has 150 valence electrons. The maximum atomic E-state index is 13.0. The van der Waals surface area contributed by atoms with Crippen molar-refractivity contribution in [3.8, 4) is 0 Å². The van der Waals surface area contributed by atoms with Gasteiger partial charge in [0.2, 0.25) is 5.91 Å². The number of likely N-dealkylation sites (tertiary alicyclic amines) is 1. The Morgan fingerprint density at radius 3 is 2.75 bits per heavy atom. The highest BCUT2D eigenvalue weighted by atomic mass is 16.3. The predicted molar refractivity (Wildman–Crippen MR) is 106 cm³/mol. The smallest absolute Gasteiger partial charge is 0.253 e. The summed E-state index contributed by atoms with van der Waals surface area (Å²) in [5.74, 6) is 0.475. The van der Waals surface area contributed by atoms with Gasteiger partial charge < -0.3 is 25.2 Å². The molecule has 1 aromatic carbocycles. The number of rotatable bonds is 7. The molecule has 3 N–H and O–H groups in total. The highest BCUT2D eigenvalue weighted by Crippen LogP contribution is 2.27. The minimum absolute atomic E-state index is 0.00549. The van der Waals surface area contributed by atoms with E-state index in [9.17, 15) is 9.59 Å². The van der Waals surface area contributed by atoms with E-state index in [-0.39, 0.29) is 25.0 Å². The Bertz CT molecular complexity index is 818. The zero-order valence-electron chi connectivity index (χ0n) is 16.1. The number of aromatic nitrogens is 2. The number of benzene rings is 1. The van der Waals surface area contributed by atoms with Gasteiger partial charge in [0.25, 0.3) is 5.91 Å². The molecule has 1 aliphatic heterocycles. The van der Waals surface area contributed by atoms with Crippen molar-refractivity contribution in [2.45, 2.75) is 25.3 Å². The molecule has 1 fully saturated rings. The number of carbonyl (C=O) groups excluding carboxylic acids is 2. The van der Waals surface area contributed by atoms with Crippen molar-refractivity contribution in [1.82, 2.24) is 14.5 Å². The number of hydrogen-bond donors (Lipinski definition) is 2. The maximum absolute atomic E-state index is 13.0. The third-order valence-corrected chi connectivity index (χ3v) is 5.14. The van der Waals surface area contributed by atoms with Gasteiger partial charge in [0.15, 0.2) is 0 Å². The molecule has 0 bridgehead atoms. The van der Waals surface area contributed by atoms with E-state index in [4.69, 9.17) is 10.8 Å². The second-order valence-electron chi connectivity index (χ2n) is 7.16. The molecule has 1 aliphatic rings. The quantitative estimate of drug-likeness (QED) is 0.734. The molecule has 1 saturated heterocycles. The summed E-state index contributed by atoms with van der Waals surface area (Å²) >= 11 is 0. The van der Waals surface area contributed by atoms with Gasteiger partial charge in [0.1, 0.15) is 12.4 Å². The van der Waals surface area contributed by atoms with Gasteiger partial charge >= 0.3 is 0 Å². The number of nitrogens with zero attached hydrogens (tertiary/aromatic N) is 4. The molecule has 3 rings (SSSR count). The molecule has 0 aliphatic carbocycles. The number of anilines is 1. The van der Waals surface area contributed by atoms with Crippen LogP contribution in [0.15, 0.2) is 36.7 Å². The lowest BCUT2D eigenvalue weighted by atomic mass is 9.96. The second kappa shape index (κ2) is 8.88. The third kappa shape index (κ3) is 4.51. The summed E-state index contributed by atoms with van der Waals surface area (Å²) in [5, 5.41) is 9.05. The number of aliphatic hydroxyl groups is 1. The minimum atomic E-state index is -0.408. The van der Waals surface area contributed by atoms with E-state index in [0.29, 0.717) is 25.2 Å². The number of hydrogen-bond acceptors (Lipinski definition) is 5. The van der Waals surface area contributed by atoms with Crippen LogP contribution in [0.25, 0.3) is 0 Å². The highest BCUT2D eigenvalue weighted by Gasteiger charge is 2.28. The van der Waals surface area contributed by atoms with Crippen molar-refractivity contribution in [2.24, 2.45) is 5.73 Å². The summed E-state index contributed by atoms with van der Waals surface area (Å²) in [7, 11) is 1.90. The molecule has 2 aromatic rings. The molecule has 8 heteroatoms. The van der Waals surface area contributed by atoms with E-state index < -0.39 is 5.91 Å². The Morgan fingerprint density at radius 1 is 1.32 bits per heavy atom. The number of nitrogens with two attached hydrogens (primary N) is 1. The normalized spacial score (nSPS) is 16.8. The second-order valence-corrected chi connectivity index (χ2v) is 7.16. The monoisotopic (exact) mass is 385 g/mol. The van der Waals surface area contributed by atoms with Crippen LogP contribution in [0.1, 0.15) is 34.9 Å². The first-order valence-electron chi connectivity index (χ1n) is 9.50. The minimum Gasteiger partial charge on any atom is -0.395 e. The van der Waals surface area contributed by atoms with Crippen LogP contribution in [-0.2, 0) is 11.3 Å². The van der Waals surface area contributed by atoms with Gasteiger partial charge in [-0.25, -0.2) is 4.98 Å². The number of aliphatic hydroxyl groups excluding tert-OH is 1. The number of likely N-dealkylation sites (N-methyl/N-ethyl adjacent to an activating group) is 1. The molecular formula is C20H27N5O3. The van der Waals surface area contributed by atoms with Crippen LogP contribution in [0.3, 0.4) is 0 Å². The van der Waals surface area contributed by atoms with Crippen LogP contribution in [0, 0.1) is 0 Å². The van der Waals surface area contributed by atoms with Crippen molar-refractivity contribution >= 4 is 17.5 Å². The number of carbonyl (C=O) groups is 2. The average Bonchev–Trinajstić information content (AvgIpc) is 3.15. The van der Waals surface area contributed by atoms with Crippen molar-refractivity contribution in [1.29, 1.82) is 0 Å². The summed E-state index contributed by atoms with van der Waals surface area (Å²) in [5.41, 5.74) is 6.91. The molecule has 0 unspecified atom stereocenters. The maximum Gasteiger partial charge on any atom is 0.253 e. The molecule has 1 atom stereocenters. The summed E-state index contributed by atoms with van der Waals surface area (Å²) < 4.78 is 1.77. The van der Waals surface area contributed by atoms with Gasteiger partial charge in [-0.15, -0.1) is 0 Å². The topological polar surface area (TPSA) is 105 Å². The van der Waals surface area contributed by atoms with Crippen molar-refractivity contribution < 1.29 is 14.7 Å². The van der Waals surface area contributed by atoms with Gasteiger partial charge in [0.05, 0.1) is 6.61 Å². The van der Waals surface area contributed by atoms with Gasteiger partial charge in [-0.1, -0.05) is 0 Å². The summed E-state index contributed by atoms with van der Waals surface area (Å²) in [6, 6.07) is 7.43. The lowest BCUT2D eigenvalue weighted by Gasteiger charge is -2.32. The fourth-order valence-corrected chi connectivity index (χ4v) is 3.67. The molecule has 2 heterocycles. The Balaban J connectivity index is 1.69. The Hall–Kier alpha value is -2.87. The van der Waals surface area contributed by atoms with Gasteiger partial charge in [0, 0.05) is 56.2 Å². The molecular weight excluding hydrogens is 358 g/mol. The number of imidazole rings is 1. The zero-order chi connectivity index (χ0) is 20.1. The molecule has 0 radical (unpaired) electrons. The average molecular weight is 385 g/mol. The first-order chi connectivity index (χ1) is 13.5. The predicted octanol–water partition coefficient (Wildman–Crippen LogP) is 0.817. The Labute approximate surface area is 164 Å². The fourth-order valence-electron chi connectivity index (χ4n) is 3.67. The van der Waals surface area contributed by atoms with Crippen molar-refractivity contribution in [3.63, 3.8) is 0 Å². The van der Waals surface area contributed by atoms with Crippen LogP contribution in [-0.4, -0.2) is 64.7 Å². The molecule has 0 saturated carbocycles. The summed E-state index contributed by atoms with van der Waals surface area (Å²) in [4.78, 5) is 32.4. The largest absolute Gasteiger partial charge is 0.395 e. The zero-order valence-corrected chi connectivity index (χ0v) is 16.1. The van der Waals surface area contributed by atoms with Crippen LogP contribution < -0.4 is 10.6 Å². The van der Waals surface area contributed by atoms with E-state index in [1.807, 2.05) is 41.1 Å². The number of primary amides is 1. The van der Waals surface area contributed by atoms with E-state index in [1.54, 1.807) is 17.0 Å². The lowest BCUT2D eigenvalue weighted by Crippen LogP contribution is -2.40. The van der Waals surface area contributed by atoms with Crippen molar-refractivity contribution in [3.05, 3.63) is 48.0 Å². The SMILES string of the molecule is CN(CCO)c1ccc(C(=O)N2CCC[C@H](c3nccn3CC(N)=O)C2)cc1. The van der Waals surface area contributed by atoms with Crippen LogP contribution in [0.2, 0.25) is 0 Å². The van der Waals surface area contributed by atoms with Crippen LogP contribution in [0.4, 0.5) is 5.69 Å². The number of piperidine rings is 1. The molecule has 0 spiro atoms. The van der Waals surface area contributed by atoms with Gasteiger partial charge in [-0.3, -0.25) is 9.59 Å². The molecule has 2 amide bonds. The van der Waals surface area contributed by atoms with Crippen molar-refractivity contribution in [2.75, 3.05) is 38.2 Å². The fraction of sp³-hybridized carbons (Fsp3) is 0.450. The Kier molecular flexibility index (Phi) is 6.30. The standard InChI is InChI=1S/C20H27N5O3/c1-23(11-12-26)17-6-4-15(5-7-17)20(28)25-9-2-3-16(13-25)19-22-8-10-24(19)14-18(21)27/h4-8,10,16,26H,2-3,9,11-14H2,1H3,(H2,21,27)/t16-/m0/s1. The first-order valence-corrected chi connectivity index (χ1v) is 9.50. The summed E-state index contributed by atoms with van der Waals surface area (Å²) in [6.45, 7) is 2.00. The Morgan fingerprint density at radius 2 is 2.07 bits per heavy atom. The molecule has 1 aromatic heterocycles. The highest BCUT2D eigenvalue weighted by molar-refractivity contribution is 5.94. The lowest BCUT2D eigenvalue weighted by molar-refractivity contribution is -0.118.